The van der Waals surface area contributed by atoms with Crippen LogP contribution in [-0.4, -0.2) is 79.8 Å². The molecule has 1 atom stereocenters. The zero-order chi connectivity index (χ0) is 15.5. The SMILES string of the molecule is O=C(O)C1CCN(C(=O)CCS(=O)(=O)N2CCOCC2)C1. The van der Waals surface area contributed by atoms with Crippen molar-refractivity contribution in [1.29, 1.82) is 0 Å². The van der Waals surface area contributed by atoms with Crippen molar-refractivity contribution in [2.45, 2.75) is 12.8 Å². The Bertz CT molecular complexity index is 500. The van der Waals surface area contributed by atoms with Crippen LogP contribution in [0.1, 0.15) is 12.8 Å². The summed E-state index contributed by atoms with van der Waals surface area (Å²) < 4.78 is 30.6. The number of carbonyl (C=O) groups is 2. The predicted molar refractivity (Wildman–Crippen MR) is 73.1 cm³/mol. The lowest BCUT2D eigenvalue weighted by Crippen LogP contribution is -2.42. The molecule has 1 unspecified atom stereocenters. The van der Waals surface area contributed by atoms with Crippen LogP contribution < -0.4 is 0 Å². The van der Waals surface area contributed by atoms with E-state index in [9.17, 15) is 18.0 Å². The number of aliphatic carboxylic acids is 1. The van der Waals surface area contributed by atoms with E-state index < -0.39 is 21.9 Å². The van der Waals surface area contributed by atoms with Crippen molar-refractivity contribution in [1.82, 2.24) is 9.21 Å². The summed E-state index contributed by atoms with van der Waals surface area (Å²) in [6.07, 6.45) is 0.323. The molecule has 0 radical (unpaired) electrons. The third kappa shape index (κ3) is 4.14. The molecule has 2 rings (SSSR count). The van der Waals surface area contributed by atoms with Gasteiger partial charge in [-0.3, -0.25) is 9.59 Å². The maximum atomic E-state index is 12.1. The molecule has 0 saturated carbocycles. The van der Waals surface area contributed by atoms with E-state index in [2.05, 4.69) is 0 Å². The molecule has 2 heterocycles. The van der Waals surface area contributed by atoms with Crippen molar-refractivity contribution in [3.63, 3.8) is 0 Å². The number of hydrogen-bond acceptors (Lipinski definition) is 5. The van der Waals surface area contributed by atoms with Gasteiger partial charge in [0, 0.05) is 32.6 Å². The van der Waals surface area contributed by atoms with E-state index in [0.29, 0.717) is 39.3 Å². The highest BCUT2D eigenvalue weighted by atomic mass is 32.2. The molecule has 0 aromatic carbocycles. The number of sulfonamides is 1. The Balaban J connectivity index is 1.82. The van der Waals surface area contributed by atoms with Crippen molar-refractivity contribution in [2.75, 3.05) is 45.1 Å². The summed E-state index contributed by atoms with van der Waals surface area (Å²) in [7, 11) is -3.45. The van der Waals surface area contributed by atoms with Crippen LogP contribution in [0.25, 0.3) is 0 Å². The maximum absolute atomic E-state index is 12.1. The number of carbonyl (C=O) groups excluding carboxylic acids is 1. The van der Waals surface area contributed by atoms with Gasteiger partial charge in [0.1, 0.15) is 0 Å². The van der Waals surface area contributed by atoms with Crippen LogP contribution >= 0.6 is 0 Å². The second kappa shape index (κ2) is 6.71. The van der Waals surface area contributed by atoms with Crippen LogP contribution in [0.5, 0.6) is 0 Å². The number of carboxylic acid groups (broad SMARTS) is 1. The first-order valence-electron chi connectivity index (χ1n) is 6.96. The molecule has 21 heavy (non-hydrogen) atoms. The molecule has 1 N–H and O–H groups in total. The van der Waals surface area contributed by atoms with Gasteiger partial charge in [-0.15, -0.1) is 0 Å². The molecule has 0 aliphatic carbocycles. The number of nitrogens with zero attached hydrogens (tertiary/aromatic N) is 2. The summed E-state index contributed by atoms with van der Waals surface area (Å²) >= 11 is 0. The number of rotatable bonds is 5. The predicted octanol–water partition coefficient (Wildman–Crippen LogP) is -1.03. The Labute approximate surface area is 123 Å². The lowest BCUT2D eigenvalue weighted by atomic mass is 10.1. The molecule has 0 bridgehead atoms. The van der Waals surface area contributed by atoms with Gasteiger partial charge in [-0.1, -0.05) is 0 Å². The fourth-order valence-corrected chi connectivity index (χ4v) is 3.91. The first-order chi connectivity index (χ1) is 9.90. The average molecular weight is 320 g/mol. The van der Waals surface area contributed by atoms with Crippen LogP contribution in [0.4, 0.5) is 0 Å². The molecule has 120 valence electrons. The molecule has 2 fully saturated rings. The normalized spacial score (nSPS) is 24.2. The van der Waals surface area contributed by atoms with Crippen LogP contribution in [0.2, 0.25) is 0 Å². The Morgan fingerprint density at radius 3 is 2.43 bits per heavy atom. The first-order valence-corrected chi connectivity index (χ1v) is 8.57. The highest BCUT2D eigenvalue weighted by Crippen LogP contribution is 2.17. The lowest BCUT2D eigenvalue weighted by Gasteiger charge is -2.26. The van der Waals surface area contributed by atoms with Gasteiger partial charge in [0.05, 0.1) is 24.9 Å². The molecule has 2 aliphatic rings. The van der Waals surface area contributed by atoms with Crippen LogP contribution in [0.15, 0.2) is 0 Å². The zero-order valence-electron chi connectivity index (χ0n) is 11.7. The quantitative estimate of drug-likeness (QED) is 0.695. The Kier molecular flexibility index (Phi) is 5.17. The van der Waals surface area contributed by atoms with E-state index in [1.807, 2.05) is 0 Å². The van der Waals surface area contributed by atoms with Gasteiger partial charge >= 0.3 is 5.97 Å². The molecular formula is C12H20N2O6S. The van der Waals surface area contributed by atoms with Gasteiger partial charge in [-0.05, 0) is 6.42 Å². The summed E-state index contributed by atoms with van der Waals surface area (Å²) in [4.78, 5) is 24.2. The summed E-state index contributed by atoms with van der Waals surface area (Å²) in [5.41, 5.74) is 0. The van der Waals surface area contributed by atoms with Crippen molar-refractivity contribution in [2.24, 2.45) is 5.92 Å². The fourth-order valence-electron chi connectivity index (χ4n) is 2.52. The Morgan fingerprint density at radius 1 is 1.19 bits per heavy atom. The van der Waals surface area contributed by atoms with Crippen LogP contribution in [0, 0.1) is 5.92 Å². The van der Waals surface area contributed by atoms with E-state index in [4.69, 9.17) is 9.84 Å². The van der Waals surface area contributed by atoms with Gasteiger partial charge in [0.2, 0.25) is 15.9 Å². The molecule has 1 amide bonds. The Hall–Kier alpha value is -1.19. The van der Waals surface area contributed by atoms with Gasteiger partial charge in [-0.2, -0.15) is 4.31 Å². The molecule has 0 spiro atoms. The maximum Gasteiger partial charge on any atom is 0.308 e. The number of hydrogen-bond donors (Lipinski definition) is 1. The third-order valence-electron chi connectivity index (χ3n) is 3.83. The summed E-state index contributed by atoms with van der Waals surface area (Å²) in [5, 5.41) is 8.89. The van der Waals surface area contributed by atoms with E-state index in [1.165, 1.54) is 9.21 Å². The minimum Gasteiger partial charge on any atom is -0.481 e. The molecule has 9 heteroatoms. The zero-order valence-corrected chi connectivity index (χ0v) is 12.5. The lowest BCUT2D eigenvalue weighted by molar-refractivity contribution is -0.141. The topological polar surface area (TPSA) is 104 Å². The van der Waals surface area contributed by atoms with Crippen molar-refractivity contribution in [3.8, 4) is 0 Å². The van der Waals surface area contributed by atoms with Crippen molar-refractivity contribution < 1.29 is 27.9 Å². The number of amides is 1. The second-order valence-electron chi connectivity index (χ2n) is 5.24. The van der Waals surface area contributed by atoms with Gasteiger partial charge in [0.15, 0.2) is 0 Å². The molecule has 0 aromatic heterocycles. The number of carboxylic acids is 1. The highest BCUT2D eigenvalue weighted by Gasteiger charge is 2.32. The van der Waals surface area contributed by atoms with Gasteiger partial charge in [0.25, 0.3) is 0 Å². The van der Waals surface area contributed by atoms with E-state index in [1.54, 1.807) is 0 Å². The van der Waals surface area contributed by atoms with Crippen molar-refractivity contribution >= 4 is 21.9 Å². The van der Waals surface area contributed by atoms with Crippen LogP contribution in [0.3, 0.4) is 0 Å². The van der Waals surface area contributed by atoms with E-state index in [-0.39, 0.29) is 24.6 Å². The first kappa shape index (κ1) is 16.2. The number of likely N-dealkylation sites (tertiary alicyclic amines) is 1. The van der Waals surface area contributed by atoms with Gasteiger partial charge < -0.3 is 14.7 Å². The summed E-state index contributed by atoms with van der Waals surface area (Å²) in [6, 6.07) is 0. The third-order valence-corrected chi connectivity index (χ3v) is 5.70. The molecule has 0 aromatic rings. The van der Waals surface area contributed by atoms with E-state index >= 15 is 0 Å². The second-order valence-corrected chi connectivity index (χ2v) is 7.33. The largest absolute Gasteiger partial charge is 0.481 e. The summed E-state index contributed by atoms with van der Waals surface area (Å²) in [6.45, 7) is 1.95. The Morgan fingerprint density at radius 2 is 1.86 bits per heavy atom. The molecular weight excluding hydrogens is 300 g/mol. The van der Waals surface area contributed by atoms with E-state index in [0.717, 1.165) is 0 Å². The standard InChI is InChI=1S/C12H20N2O6S/c15-11(13-3-1-10(9-13)12(16)17)2-8-21(18,19)14-4-6-20-7-5-14/h10H,1-9H2,(H,16,17). The monoisotopic (exact) mass is 320 g/mol. The smallest absolute Gasteiger partial charge is 0.308 e. The molecule has 8 nitrogen and oxygen atoms in total. The molecule has 2 aliphatic heterocycles. The minimum atomic E-state index is -3.45. The minimum absolute atomic E-state index is 0.105. The highest BCUT2D eigenvalue weighted by molar-refractivity contribution is 7.89. The number of ether oxygens (including phenoxy) is 1. The average Bonchev–Trinajstić information content (AvgIpc) is 2.96. The van der Waals surface area contributed by atoms with Crippen molar-refractivity contribution in [3.05, 3.63) is 0 Å². The fraction of sp³-hybridized carbons (Fsp3) is 0.833. The van der Waals surface area contributed by atoms with Gasteiger partial charge in [-0.25, -0.2) is 8.42 Å². The number of morpholine rings is 1. The summed E-state index contributed by atoms with van der Waals surface area (Å²) in [5.74, 6) is -1.98. The van der Waals surface area contributed by atoms with Crippen LogP contribution in [-0.2, 0) is 24.3 Å². The molecule has 2 saturated heterocycles.